The van der Waals surface area contributed by atoms with E-state index in [9.17, 15) is 4.79 Å². The van der Waals surface area contributed by atoms with Crippen LogP contribution in [0.3, 0.4) is 0 Å². The first-order chi connectivity index (χ1) is 10.7. The first-order valence-electron chi connectivity index (χ1n) is 8.51. The molecule has 122 valence electrons. The molecule has 1 aliphatic heterocycles. The Bertz CT molecular complexity index is 504. The average molecular weight is 306 g/mol. The molecule has 1 saturated carbocycles. The molecule has 0 unspecified atom stereocenters. The van der Waals surface area contributed by atoms with Crippen molar-refractivity contribution in [3.05, 3.63) is 11.7 Å². The Balaban J connectivity index is 1.44. The molecule has 6 nitrogen and oxygen atoms in total. The van der Waals surface area contributed by atoms with Crippen LogP contribution in [0.15, 0.2) is 4.52 Å². The molecule has 2 fully saturated rings. The van der Waals surface area contributed by atoms with E-state index in [2.05, 4.69) is 27.3 Å². The van der Waals surface area contributed by atoms with Gasteiger partial charge in [0.15, 0.2) is 5.82 Å². The molecule has 1 aromatic rings. The van der Waals surface area contributed by atoms with Crippen molar-refractivity contribution >= 4 is 5.91 Å². The summed E-state index contributed by atoms with van der Waals surface area (Å²) in [4.78, 5) is 19.0. The number of nitrogens with zero attached hydrogens (tertiary/aromatic N) is 3. The minimum absolute atomic E-state index is 0.0913. The molecule has 2 heterocycles. The molecule has 2 aliphatic rings. The summed E-state index contributed by atoms with van der Waals surface area (Å²) < 4.78 is 5.26. The van der Waals surface area contributed by atoms with Gasteiger partial charge in [0, 0.05) is 12.3 Å². The standard InChI is InChI=1S/C16H26N4O2/c1-3-20-8-6-12(7-9-20)10-14(21)17-11(2)16-18-15(19-22-16)13-4-5-13/h11-13H,3-10H2,1-2H3,(H,17,21)/t11-/m1/s1. The summed E-state index contributed by atoms with van der Waals surface area (Å²) in [7, 11) is 0. The molecule has 0 radical (unpaired) electrons. The van der Waals surface area contributed by atoms with E-state index in [1.807, 2.05) is 6.92 Å². The number of hydrogen-bond acceptors (Lipinski definition) is 5. The predicted molar refractivity (Wildman–Crippen MR) is 82.3 cm³/mol. The highest BCUT2D eigenvalue weighted by atomic mass is 16.5. The Morgan fingerprint density at radius 1 is 1.36 bits per heavy atom. The highest BCUT2D eigenvalue weighted by Gasteiger charge is 2.30. The molecule has 3 rings (SSSR count). The van der Waals surface area contributed by atoms with Crippen molar-refractivity contribution in [1.29, 1.82) is 0 Å². The van der Waals surface area contributed by atoms with E-state index in [0.717, 1.165) is 51.1 Å². The van der Waals surface area contributed by atoms with Crippen LogP contribution in [0.5, 0.6) is 0 Å². The second kappa shape index (κ2) is 6.77. The number of carbonyl (C=O) groups excluding carboxylic acids is 1. The van der Waals surface area contributed by atoms with Gasteiger partial charge in [-0.3, -0.25) is 4.79 Å². The molecule has 0 spiro atoms. The van der Waals surface area contributed by atoms with Gasteiger partial charge in [0.1, 0.15) is 6.04 Å². The van der Waals surface area contributed by atoms with Crippen molar-refractivity contribution in [3.63, 3.8) is 0 Å². The Labute approximate surface area is 131 Å². The van der Waals surface area contributed by atoms with Crippen LogP contribution in [-0.4, -0.2) is 40.6 Å². The molecule has 6 heteroatoms. The summed E-state index contributed by atoms with van der Waals surface area (Å²) in [6.45, 7) is 7.42. The minimum Gasteiger partial charge on any atom is -0.345 e. The first kappa shape index (κ1) is 15.5. The number of hydrogen-bond donors (Lipinski definition) is 1. The summed E-state index contributed by atoms with van der Waals surface area (Å²) in [5, 5.41) is 6.99. The summed E-state index contributed by atoms with van der Waals surface area (Å²) in [6, 6.07) is -0.205. The van der Waals surface area contributed by atoms with Gasteiger partial charge >= 0.3 is 0 Å². The molecule has 1 saturated heterocycles. The number of aromatic nitrogens is 2. The Kier molecular flexibility index (Phi) is 4.76. The Hall–Kier alpha value is -1.43. The topological polar surface area (TPSA) is 71.3 Å². The molecular weight excluding hydrogens is 280 g/mol. The fraction of sp³-hybridized carbons (Fsp3) is 0.812. The molecule has 0 bridgehead atoms. The van der Waals surface area contributed by atoms with Gasteiger partial charge in [-0.2, -0.15) is 4.98 Å². The fourth-order valence-corrected chi connectivity index (χ4v) is 3.06. The van der Waals surface area contributed by atoms with E-state index >= 15 is 0 Å². The highest BCUT2D eigenvalue weighted by molar-refractivity contribution is 5.76. The van der Waals surface area contributed by atoms with Crippen LogP contribution in [0.25, 0.3) is 0 Å². The smallest absolute Gasteiger partial charge is 0.248 e. The summed E-state index contributed by atoms with van der Waals surface area (Å²) in [5.41, 5.74) is 0. The zero-order valence-corrected chi connectivity index (χ0v) is 13.5. The quantitative estimate of drug-likeness (QED) is 0.873. The summed E-state index contributed by atoms with van der Waals surface area (Å²) >= 11 is 0. The normalized spacial score (nSPS) is 21.7. The number of likely N-dealkylation sites (tertiary alicyclic amines) is 1. The lowest BCUT2D eigenvalue weighted by molar-refractivity contribution is -0.123. The maximum atomic E-state index is 12.2. The minimum atomic E-state index is -0.205. The second-order valence-corrected chi connectivity index (χ2v) is 6.64. The lowest BCUT2D eigenvalue weighted by Crippen LogP contribution is -2.36. The van der Waals surface area contributed by atoms with Crippen molar-refractivity contribution in [2.24, 2.45) is 5.92 Å². The van der Waals surface area contributed by atoms with E-state index in [1.54, 1.807) is 0 Å². The number of piperidine rings is 1. The number of amides is 1. The van der Waals surface area contributed by atoms with Crippen LogP contribution in [0.4, 0.5) is 0 Å². The maximum absolute atomic E-state index is 12.2. The van der Waals surface area contributed by atoms with E-state index in [0.29, 0.717) is 24.1 Å². The highest BCUT2D eigenvalue weighted by Crippen LogP contribution is 2.38. The van der Waals surface area contributed by atoms with Crippen LogP contribution < -0.4 is 5.32 Å². The Morgan fingerprint density at radius 2 is 2.09 bits per heavy atom. The van der Waals surface area contributed by atoms with Crippen LogP contribution in [-0.2, 0) is 4.79 Å². The fourth-order valence-electron chi connectivity index (χ4n) is 3.06. The zero-order chi connectivity index (χ0) is 15.5. The van der Waals surface area contributed by atoms with Gasteiger partial charge in [0.05, 0.1) is 0 Å². The molecule has 1 amide bonds. The van der Waals surface area contributed by atoms with E-state index in [-0.39, 0.29) is 11.9 Å². The van der Waals surface area contributed by atoms with Gasteiger partial charge in [0.2, 0.25) is 11.8 Å². The van der Waals surface area contributed by atoms with Gasteiger partial charge in [-0.1, -0.05) is 12.1 Å². The molecule has 1 N–H and O–H groups in total. The van der Waals surface area contributed by atoms with Crippen molar-refractivity contribution in [2.75, 3.05) is 19.6 Å². The second-order valence-electron chi connectivity index (χ2n) is 6.64. The van der Waals surface area contributed by atoms with E-state index in [1.165, 1.54) is 0 Å². The first-order valence-corrected chi connectivity index (χ1v) is 8.51. The van der Waals surface area contributed by atoms with Crippen LogP contribution >= 0.6 is 0 Å². The Morgan fingerprint density at radius 3 is 2.73 bits per heavy atom. The lowest BCUT2D eigenvalue weighted by Gasteiger charge is -2.30. The molecule has 1 aliphatic carbocycles. The third kappa shape index (κ3) is 3.85. The summed E-state index contributed by atoms with van der Waals surface area (Å²) in [6.07, 6.45) is 5.13. The van der Waals surface area contributed by atoms with Crippen molar-refractivity contribution < 1.29 is 9.32 Å². The molecule has 0 aromatic carbocycles. The predicted octanol–water partition coefficient (Wildman–Crippen LogP) is 2.25. The van der Waals surface area contributed by atoms with Gasteiger partial charge in [0.25, 0.3) is 0 Å². The van der Waals surface area contributed by atoms with Crippen molar-refractivity contribution in [2.45, 2.75) is 57.9 Å². The number of carbonyl (C=O) groups is 1. The largest absolute Gasteiger partial charge is 0.345 e. The SMILES string of the molecule is CCN1CCC(CC(=O)N[C@H](C)c2nc(C3CC3)no2)CC1. The molecular formula is C16H26N4O2. The number of nitrogens with one attached hydrogen (secondary N) is 1. The molecule has 22 heavy (non-hydrogen) atoms. The van der Waals surface area contributed by atoms with Gasteiger partial charge in [-0.05, 0) is 58.2 Å². The van der Waals surface area contributed by atoms with Gasteiger partial charge < -0.3 is 14.7 Å². The van der Waals surface area contributed by atoms with Gasteiger partial charge in [-0.25, -0.2) is 0 Å². The number of rotatable bonds is 6. The molecule has 1 aromatic heterocycles. The van der Waals surface area contributed by atoms with E-state index in [4.69, 9.17) is 4.52 Å². The lowest BCUT2D eigenvalue weighted by atomic mass is 9.93. The average Bonchev–Trinajstić information content (AvgIpc) is 3.25. The van der Waals surface area contributed by atoms with Crippen LogP contribution in [0, 0.1) is 5.92 Å². The van der Waals surface area contributed by atoms with Crippen LogP contribution in [0.2, 0.25) is 0 Å². The van der Waals surface area contributed by atoms with Crippen LogP contribution in [0.1, 0.15) is 69.6 Å². The van der Waals surface area contributed by atoms with E-state index < -0.39 is 0 Å². The summed E-state index contributed by atoms with van der Waals surface area (Å²) in [5.74, 6) is 2.39. The monoisotopic (exact) mass is 306 g/mol. The van der Waals surface area contributed by atoms with Crippen molar-refractivity contribution in [3.8, 4) is 0 Å². The maximum Gasteiger partial charge on any atom is 0.248 e. The third-order valence-corrected chi connectivity index (χ3v) is 4.78. The molecule has 1 atom stereocenters. The third-order valence-electron chi connectivity index (χ3n) is 4.78. The van der Waals surface area contributed by atoms with Gasteiger partial charge in [-0.15, -0.1) is 0 Å². The van der Waals surface area contributed by atoms with Crippen molar-refractivity contribution in [1.82, 2.24) is 20.4 Å². The zero-order valence-electron chi connectivity index (χ0n) is 13.5.